The van der Waals surface area contributed by atoms with E-state index < -0.39 is 0 Å². The van der Waals surface area contributed by atoms with Crippen LogP contribution in [0.1, 0.15) is 36.2 Å². The largest absolute Gasteiger partial charge is 0.384 e. The highest BCUT2D eigenvalue weighted by atomic mass is 16.2. The zero-order valence-corrected chi connectivity index (χ0v) is 11.4. The number of carbonyl (C=O) groups is 1. The van der Waals surface area contributed by atoms with Gasteiger partial charge in [0.15, 0.2) is 0 Å². The van der Waals surface area contributed by atoms with Crippen molar-refractivity contribution >= 4 is 5.91 Å². The van der Waals surface area contributed by atoms with E-state index in [1.165, 1.54) is 0 Å². The standard InChI is InChI=1S/C16H19NO2/c1-12-10-13(2)17(11-12)16(19)15-8-4-3-6-14(15)7-5-9-18/h3-4,6,8,12-13,18H,9-11H2,1-2H3. The molecule has 1 saturated heterocycles. The van der Waals surface area contributed by atoms with Gasteiger partial charge in [-0.15, -0.1) is 0 Å². The normalized spacial score (nSPS) is 21.9. The van der Waals surface area contributed by atoms with Gasteiger partial charge < -0.3 is 10.0 Å². The molecule has 0 spiro atoms. The highest BCUT2D eigenvalue weighted by Crippen LogP contribution is 2.25. The van der Waals surface area contributed by atoms with Crippen molar-refractivity contribution in [2.24, 2.45) is 5.92 Å². The molecule has 0 aromatic heterocycles. The van der Waals surface area contributed by atoms with E-state index >= 15 is 0 Å². The minimum Gasteiger partial charge on any atom is -0.384 e. The molecule has 1 aromatic carbocycles. The number of rotatable bonds is 1. The summed E-state index contributed by atoms with van der Waals surface area (Å²) >= 11 is 0. The Balaban J connectivity index is 2.29. The lowest BCUT2D eigenvalue weighted by atomic mass is 10.1. The summed E-state index contributed by atoms with van der Waals surface area (Å²) in [4.78, 5) is 14.5. The van der Waals surface area contributed by atoms with Gasteiger partial charge >= 0.3 is 0 Å². The maximum absolute atomic E-state index is 12.6. The molecule has 3 nitrogen and oxygen atoms in total. The smallest absolute Gasteiger partial charge is 0.255 e. The summed E-state index contributed by atoms with van der Waals surface area (Å²) in [6.45, 7) is 4.87. The first-order valence-electron chi connectivity index (χ1n) is 6.63. The van der Waals surface area contributed by atoms with E-state index in [2.05, 4.69) is 25.7 Å². The second-order valence-corrected chi connectivity index (χ2v) is 5.15. The number of hydrogen-bond acceptors (Lipinski definition) is 2. The molecule has 1 heterocycles. The number of nitrogens with zero attached hydrogens (tertiary/aromatic N) is 1. The Morgan fingerprint density at radius 1 is 1.42 bits per heavy atom. The van der Waals surface area contributed by atoms with Crippen molar-refractivity contribution in [3.05, 3.63) is 35.4 Å². The molecule has 1 fully saturated rings. The molecule has 1 aromatic rings. The monoisotopic (exact) mass is 257 g/mol. The summed E-state index contributed by atoms with van der Waals surface area (Å²) in [5.74, 6) is 6.04. The summed E-state index contributed by atoms with van der Waals surface area (Å²) in [5.41, 5.74) is 1.32. The Bertz CT molecular complexity index is 527. The Morgan fingerprint density at radius 2 is 2.16 bits per heavy atom. The van der Waals surface area contributed by atoms with E-state index in [4.69, 9.17) is 5.11 Å². The van der Waals surface area contributed by atoms with Crippen molar-refractivity contribution < 1.29 is 9.90 Å². The van der Waals surface area contributed by atoms with Crippen molar-refractivity contribution in [1.82, 2.24) is 4.90 Å². The zero-order valence-electron chi connectivity index (χ0n) is 11.4. The predicted molar refractivity (Wildman–Crippen MR) is 74.7 cm³/mol. The van der Waals surface area contributed by atoms with Crippen LogP contribution in [0.15, 0.2) is 24.3 Å². The van der Waals surface area contributed by atoms with Gasteiger partial charge in [0.05, 0.1) is 5.56 Å². The highest BCUT2D eigenvalue weighted by Gasteiger charge is 2.31. The van der Waals surface area contributed by atoms with Gasteiger partial charge in [0, 0.05) is 18.2 Å². The topological polar surface area (TPSA) is 40.5 Å². The van der Waals surface area contributed by atoms with Gasteiger partial charge in [-0.25, -0.2) is 0 Å². The molecule has 1 aliphatic heterocycles. The van der Waals surface area contributed by atoms with Crippen molar-refractivity contribution in [3.8, 4) is 11.8 Å². The van der Waals surface area contributed by atoms with Gasteiger partial charge in [0.25, 0.3) is 5.91 Å². The first kappa shape index (κ1) is 13.6. The summed E-state index contributed by atoms with van der Waals surface area (Å²) in [5, 5.41) is 8.78. The molecule has 3 heteroatoms. The molecule has 2 rings (SSSR count). The molecule has 0 radical (unpaired) electrons. The van der Waals surface area contributed by atoms with Crippen LogP contribution < -0.4 is 0 Å². The molecule has 19 heavy (non-hydrogen) atoms. The van der Waals surface area contributed by atoms with Crippen molar-refractivity contribution in [2.45, 2.75) is 26.3 Å². The van der Waals surface area contributed by atoms with Crippen LogP contribution in [0.3, 0.4) is 0 Å². The molecule has 1 aliphatic rings. The second-order valence-electron chi connectivity index (χ2n) is 5.15. The summed E-state index contributed by atoms with van der Waals surface area (Å²) < 4.78 is 0. The van der Waals surface area contributed by atoms with E-state index in [-0.39, 0.29) is 18.6 Å². The Hall–Kier alpha value is -1.79. The lowest BCUT2D eigenvalue weighted by molar-refractivity contribution is 0.0743. The minimum absolute atomic E-state index is 0.0414. The van der Waals surface area contributed by atoms with Crippen molar-refractivity contribution in [1.29, 1.82) is 0 Å². The molecule has 0 bridgehead atoms. The number of amides is 1. The third-order valence-electron chi connectivity index (χ3n) is 3.50. The number of carbonyl (C=O) groups excluding carboxylic acids is 1. The highest BCUT2D eigenvalue weighted by molar-refractivity contribution is 5.97. The maximum Gasteiger partial charge on any atom is 0.255 e. The molecule has 1 amide bonds. The third-order valence-corrected chi connectivity index (χ3v) is 3.50. The third kappa shape index (κ3) is 2.97. The minimum atomic E-state index is -0.195. The Morgan fingerprint density at radius 3 is 2.79 bits per heavy atom. The van der Waals surface area contributed by atoms with E-state index in [1.807, 2.05) is 23.1 Å². The number of hydrogen-bond donors (Lipinski definition) is 1. The molecule has 2 atom stereocenters. The lowest BCUT2D eigenvalue weighted by Crippen LogP contribution is -2.34. The molecule has 1 N–H and O–H groups in total. The predicted octanol–water partition coefficient (Wildman–Crippen LogP) is 1.90. The summed E-state index contributed by atoms with van der Waals surface area (Å²) in [7, 11) is 0. The van der Waals surface area contributed by atoms with E-state index in [1.54, 1.807) is 6.07 Å². The second kappa shape index (κ2) is 5.90. The van der Waals surface area contributed by atoms with Crippen molar-refractivity contribution in [3.63, 3.8) is 0 Å². The lowest BCUT2D eigenvalue weighted by Gasteiger charge is -2.22. The molecule has 0 saturated carbocycles. The van der Waals surface area contributed by atoms with Crippen LogP contribution in [0.2, 0.25) is 0 Å². The van der Waals surface area contributed by atoms with Gasteiger partial charge in [-0.05, 0) is 31.4 Å². The van der Waals surface area contributed by atoms with Crippen LogP contribution in [0.4, 0.5) is 0 Å². The van der Waals surface area contributed by atoms with E-state index in [0.717, 1.165) is 13.0 Å². The maximum atomic E-state index is 12.6. The Kier molecular flexibility index (Phi) is 4.24. The van der Waals surface area contributed by atoms with Crippen molar-refractivity contribution in [2.75, 3.05) is 13.2 Å². The first-order chi connectivity index (χ1) is 9.13. The van der Waals surface area contributed by atoms with Crippen LogP contribution in [-0.2, 0) is 0 Å². The fourth-order valence-corrected chi connectivity index (χ4v) is 2.65. The Labute approximate surface area is 114 Å². The van der Waals surface area contributed by atoms with Crippen LogP contribution >= 0.6 is 0 Å². The summed E-state index contributed by atoms with van der Waals surface area (Å²) in [6, 6.07) is 7.61. The van der Waals surface area contributed by atoms with Crippen LogP contribution in [0.5, 0.6) is 0 Å². The quantitative estimate of drug-likeness (QED) is 0.781. The number of aliphatic hydroxyl groups excluding tert-OH is 1. The number of aliphatic hydroxyl groups is 1. The average Bonchev–Trinajstić information content (AvgIpc) is 2.75. The number of benzene rings is 1. The average molecular weight is 257 g/mol. The first-order valence-corrected chi connectivity index (χ1v) is 6.63. The fraction of sp³-hybridized carbons (Fsp3) is 0.438. The summed E-state index contributed by atoms with van der Waals surface area (Å²) in [6.07, 6.45) is 1.05. The van der Waals surface area contributed by atoms with E-state index in [0.29, 0.717) is 17.0 Å². The van der Waals surface area contributed by atoms with E-state index in [9.17, 15) is 4.79 Å². The van der Waals surface area contributed by atoms with Gasteiger partial charge in [0.2, 0.25) is 0 Å². The fourth-order valence-electron chi connectivity index (χ4n) is 2.65. The molecule has 0 aliphatic carbocycles. The molecular formula is C16H19NO2. The van der Waals surface area contributed by atoms with Crippen LogP contribution in [0.25, 0.3) is 0 Å². The zero-order chi connectivity index (χ0) is 13.8. The van der Waals surface area contributed by atoms with Crippen LogP contribution in [0, 0.1) is 17.8 Å². The van der Waals surface area contributed by atoms with Gasteiger partial charge in [-0.2, -0.15) is 0 Å². The molecular weight excluding hydrogens is 238 g/mol. The van der Waals surface area contributed by atoms with Gasteiger partial charge in [0.1, 0.15) is 6.61 Å². The molecule has 2 unspecified atom stereocenters. The van der Waals surface area contributed by atoms with Gasteiger partial charge in [-0.1, -0.05) is 30.9 Å². The van der Waals surface area contributed by atoms with Crippen LogP contribution in [-0.4, -0.2) is 35.1 Å². The SMILES string of the molecule is CC1CC(C)N(C(=O)c2ccccc2C#CCO)C1. The molecule has 100 valence electrons. The van der Waals surface area contributed by atoms with Gasteiger partial charge in [-0.3, -0.25) is 4.79 Å². The number of likely N-dealkylation sites (tertiary alicyclic amines) is 1.